The summed E-state index contributed by atoms with van der Waals surface area (Å²) in [5.74, 6) is 2.34. The third-order valence-corrected chi connectivity index (χ3v) is 8.49. The van der Waals surface area contributed by atoms with Crippen LogP contribution in [-0.2, 0) is 25.3 Å². The maximum Gasteiger partial charge on any atom is 0.254 e. The summed E-state index contributed by atoms with van der Waals surface area (Å²) >= 11 is 0. The van der Waals surface area contributed by atoms with E-state index in [4.69, 9.17) is 0 Å². The number of aryl methyl sites for hydroxylation is 1. The molecular weight excluding hydrogens is 410 g/mol. The van der Waals surface area contributed by atoms with Crippen molar-refractivity contribution in [1.29, 1.82) is 0 Å². The van der Waals surface area contributed by atoms with Gasteiger partial charge in [0.1, 0.15) is 5.82 Å². The number of fused-ring (bicyclic) bond motifs is 5. The summed E-state index contributed by atoms with van der Waals surface area (Å²) in [6, 6.07) is 12.9. The minimum absolute atomic E-state index is 0.0322. The van der Waals surface area contributed by atoms with Crippen LogP contribution in [0.15, 0.2) is 41.4 Å². The molecular formula is C27H29N5O. The molecule has 2 bridgehead atoms. The van der Waals surface area contributed by atoms with Gasteiger partial charge in [-0.2, -0.15) is 0 Å². The van der Waals surface area contributed by atoms with Crippen molar-refractivity contribution in [3.05, 3.63) is 64.5 Å². The molecule has 6 rings (SSSR count). The highest BCUT2D eigenvalue weighted by Crippen LogP contribution is 2.49. The Morgan fingerprint density at radius 1 is 1.12 bits per heavy atom. The zero-order chi connectivity index (χ0) is 22.9. The molecule has 33 heavy (non-hydrogen) atoms. The van der Waals surface area contributed by atoms with E-state index in [0.29, 0.717) is 5.92 Å². The lowest BCUT2D eigenvalue weighted by molar-refractivity contribution is 0.0251. The lowest BCUT2D eigenvalue weighted by Gasteiger charge is -2.54. The van der Waals surface area contributed by atoms with Crippen LogP contribution in [0.1, 0.15) is 53.1 Å². The predicted molar refractivity (Wildman–Crippen MR) is 129 cm³/mol. The van der Waals surface area contributed by atoms with Gasteiger partial charge in [0.15, 0.2) is 5.82 Å². The van der Waals surface area contributed by atoms with Crippen LogP contribution in [0.5, 0.6) is 0 Å². The Labute approximate surface area is 194 Å². The quantitative estimate of drug-likeness (QED) is 0.594. The van der Waals surface area contributed by atoms with Gasteiger partial charge in [0.2, 0.25) is 0 Å². The van der Waals surface area contributed by atoms with Crippen molar-refractivity contribution in [1.82, 2.24) is 19.7 Å². The summed E-state index contributed by atoms with van der Waals surface area (Å²) in [5.41, 5.74) is 6.83. The number of hydrogen-bond donors (Lipinski definition) is 0. The average molecular weight is 440 g/mol. The molecule has 168 valence electrons. The van der Waals surface area contributed by atoms with Crippen LogP contribution in [0, 0.1) is 12.8 Å². The SMILES string of the molecule is Cc1nnc(-c2ccc3c(c2)[C@]2(C)CCN(C(=O)c4ccc5c(c4)CC=N5)[C@H](C3)[C@H]2C)n1C. The molecule has 3 atom stereocenters. The van der Waals surface area contributed by atoms with E-state index >= 15 is 0 Å². The zero-order valence-corrected chi connectivity index (χ0v) is 19.7. The lowest BCUT2D eigenvalue weighted by atomic mass is 9.58. The van der Waals surface area contributed by atoms with Crippen LogP contribution < -0.4 is 0 Å². The summed E-state index contributed by atoms with van der Waals surface area (Å²) in [5, 5.41) is 8.64. The van der Waals surface area contributed by atoms with E-state index in [1.54, 1.807) is 0 Å². The molecule has 0 spiro atoms. The summed E-state index contributed by atoms with van der Waals surface area (Å²) in [4.78, 5) is 20.1. The normalized spacial score (nSPS) is 25.2. The van der Waals surface area contributed by atoms with Gasteiger partial charge in [0.05, 0.1) is 5.69 Å². The van der Waals surface area contributed by atoms with Gasteiger partial charge >= 0.3 is 0 Å². The van der Waals surface area contributed by atoms with Crippen molar-refractivity contribution in [2.24, 2.45) is 18.0 Å². The number of nitrogens with zero attached hydrogens (tertiary/aromatic N) is 5. The summed E-state index contributed by atoms with van der Waals surface area (Å²) < 4.78 is 2.04. The first-order valence-corrected chi connectivity index (χ1v) is 11.8. The van der Waals surface area contributed by atoms with Crippen LogP contribution >= 0.6 is 0 Å². The first-order chi connectivity index (χ1) is 15.9. The number of rotatable bonds is 2. The number of likely N-dealkylation sites (tertiary alicyclic amines) is 1. The van der Waals surface area contributed by atoms with Gasteiger partial charge < -0.3 is 9.47 Å². The Hall–Kier alpha value is -3.28. The van der Waals surface area contributed by atoms with E-state index < -0.39 is 0 Å². The number of hydrogen-bond acceptors (Lipinski definition) is 4. The molecule has 1 aromatic heterocycles. The van der Waals surface area contributed by atoms with Crippen molar-refractivity contribution >= 4 is 17.8 Å². The summed E-state index contributed by atoms with van der Waals surface area (Å²) in [6.45, 7) is 7.46. The first-order valence-electron chi connectivity index (χ1n) is 11.8. The molecule has 0 N–H and O–H groups in total. The van der Waals surface area contributed by atoms with Gasteiger partial charge in [0, 0.05) is 43.4 Å². The molecule has 1 aliphatic carbocycles. The molecule has 2 aliphatic heterocycles. The second-order valence-corrected chi connectivity index (χ2v) is 10.1. The van der Waals surface area contributed by atoms with Gasteiger partial charge in [0.25, 0.3) is 5.91 Å². The molecule has 0 radical (unpaired) electrons. The molecule has 1 saturated heterocycles. The first kappa shape index (κ1) is 20.3. The smallest absolute Gasteiger partial charge is 0.254 e. The number of carbonyl (C=O) groups excluding carboxylic acids is 1. The standard InChI is InChI=1S/C27H29N5O/c1-16-24-15-18-5-6-20(25-30-29-17(2)31(25)4)14-22(18)27(16,3)10-12-32(24)26(33)21-7-8-23-19(13-21)9-11-28-23/h5-8,11,13-14,16,24H,9-10,12,15H2,1-4H3/t16-,24-,27-/m1/s1. The maximum absolute atomic E-state index is 13.6. The number of carbonyl (C=O) groups is 1. The fourth-order valence-electron chi connectivity index (χ4n) is 6.08. The van der Waals surface area contributed by atoms with Crippen molar-refractivity contribution in [3.63, 3.8) is 0 Å². The highest BCUT2D eigenvalue weighted by molar-refractivity contribution is 5.96. The number of benzene rings is 2. The topological polar surface area (TPSA) is 63.4 Å². The third-order valence-electron chi connectivity index (χ3n) is 8.49. The second-order valence-electron chi connectivity index (χ2n) is 10.1. The molecule has 6 nitrogen and oxygen atoms in total. The van der Waals surface area contributed by atoms with Crippen molar-refractivity contribution in [2.75, 3.05) is 6.54 Å². The van der Waals surface area contributed by atoms with E-state index in [1.165, 1.54) is 11.1 Å². The number of aromatic nitrogens is 3. The largest absolute Gasteiger partial charge is 0.335 e. The minimum atomic E-state index is 0.0322. The van der Waals surface area contributed by atoms with E-state index in [9.17, 15) is 4.79 Å². The van der Waals surface area contributed by atoms with Gasteiger partial charge in [-0.25, -0.2) is 0 Å². The molecule has 3 heterocycles. The molecule has 6 heteroatoms. The monoisotopic (exact) mass is 439 g/mol. The van der Waals surface area contributed by atoms with Gasteiger partial charge in [-0.1, -0.05) is 26.0 Å². The van der Waals surface area contributed by atoms with E-state index in [-0.39, 0.29) is 17.4 Å². The van der Waals surface area contributed by atoms with Crippen molar-refractivity contribution in [2.45, 2.75) is 51.5 Å². The molecule has 2 aromatic carbocycles. The predicted octanol–water partition coefficient (Wildman–Crippen LogP) is 4.41. The fourth-order valence-corrected chi connectivity index (χ4v) is 6.08. The van der Waals surface area contributed by atoms with Crippen LogP contribution in [0.4, 0.5) is 5.69 Å². The van der Waals surface area contributed by atoms with Crippen molar-refractivity contribution < 1.29 is 4.79 Å². The highest BCUT2D eigenvalue weighted by atomic mass is 16.2. The molecule has 1 fully saturated rings. The highest BCUT2D eigenvalue weighted by Gasteiger charge is 2.49. The average Bonchev–Trinajstić information content (AvgIpc) is 3.41. The Morgan fingerprint density at radius 3 is 2.76 bits per heavy atom. The van der Waals surface area contributed by atoms with Crippen LogP contribution in [-0.4, -0.2) is 44.4 Å². The van der Waals surface area contributed by atoms with Gasteiger partial charge in [-0.15, -0.1) is 10.2 Å². The molecule has 0 saturated carbocycles. The van der Waals surface area contributed by atoms with Gasteiger partial charge in [-0.3, -0.25) is 9.79 Å². The fraction of sp³-hybridized carbons (Fsp3) is 0.407. The number of piperidine rings is 1. The number of aliphatic imine (C=N–C) groups is 1. The van der Waals surface area contributed by atoms with Crippen LogP contribution in [0.3, 0.4) is 0 Å². The zero-order valence-electron chi connectivity index (χ0n) is 19.7. The van der Waals surface area contributed by atoms with E-state index in [2.05, 4.69) is 52.1 Å². The lowest BCUT2D eigenvalue weighted by Crippen LogP contribution is -2.59. The number of amides is 1. The second kappa shape index (κ2) is 7.11. The Bertz CT molecular complexity index is 1320. The molecule has 3 aliphatic rings. The third kappa shape index (κ3) is 2.93. The van der Waals surface area contributed by atoms with E-state index in [0.717, 1.165) is 59.8 Å². The Balaban J connectivity index is 1.34. The Morgan fingerprint density at radius 2 is 1.97 bits per heavy atom. The molecule has 3 aromatic rings. The van der Waals surface area contributed by atoms with Crippen LogP contribution in [0.2, 0.25) is 0 Å². The Kier molecular flexibility index (Phi) is 4.38. The minimum Gasteiger partial charge on any atom is -0.335 e. The maximum atomic E-state index is 13.6. The van der Waals surface area contributed by atoms with Crippen LogP contribution in [0.25, 0.3) is 11.4 Å². The summed E-state index contributed by atoms with van der Waals surface area (Å²) in [6.07, 6.45) is 4.58. The van der Waals surface area contributed by atoms with E-state index in [1.807, 2.05) is 43.0 Å². The summed E-state index contributed by atoms with van der Waals surface area (Å²) in [7, 11) is 2.01. The molecule has 1 amide bonds. The molecule has 0 unspecified atom stereocenters. The van der Waals surface area contributed by atoms with Gasteiger partial charge in [-0.05, 0) is 72.1 Å². The van der Waals surface area contributed by atoms with Crippen molar-refractivity contribution in [3.8, 4) is 11.4 Å².